The molecule has 7 heteroatoms. The number of carbonyl (C=O) groups is 2. The van der Waals surface area contributed by atoms with E-state index < -0.39 is 5.60 Å². The standard InChI is InChI=1S/C29H46N4O3/c1-28(2,3)36-27(35)32(4)14-15-33(26(34)31-10-5-6-22-7-11-30-12-8-22)13-9-29-19-23-16-24(20-29)18-25(17-23)21-29/h7-8,11-12,23-25H,5-6,9-10,13-21H2,1-4H3,(H,31,34). The summed E-state index contributed by atoms with van der Waals surface area (Å²) < 4.78 is 5.50. The van der Waals surface area contributed by atoms with Crippen molar-refractivity contribution in [3.63, 3.8) is 0 Å². The van der Waals surface area contributed by atoms with Crippen LogP contribution in [0.2, 0.25) is 0 Å². The van der Waals surface area contributed by atoms with Gasteiger partial charge in [0.2, 0.25) is 0 Å². The summed E-state index contributed by atoms with van der Waals surface area (Å²) in [6.07, 6.45) is 14.5. The Hall–Kier alpha value is -2.31. The van der Waals surface area contributed by atoms with E-state index in [1.165, 1.54) is 44.1 Å². The third-order valence-corrected chi connectivity index (χ3v) is 8.44. The van der Waals surface area contributed by atoms with Gasteiger partial charge in [-0.15, -0.1) is 0 Å². The number of pyridine rings is 1. The first-order valence-corrected chi connectivity index (χ1v) is 14.0. The average molecular weight is 499 g/mol. The Morgan fingerprint density at radius 3 is 2.22 bits per heavy atom. The topological polar surface area (TPSA) is 74.8 Å². The maximum atomic E-state index is 13.3. The molecule has 0 aliphatic heterocycles. The number of hydrogen-bond acceptors (Lipinski definition) is 4. The summed E-state index contributed by atoms with van der Waals surface area (Å²) in [6.45, 7) is 7.97. The van der Waals surface area contributed by atoms with Gasteiger partial charge in [0.25, 0.3) is 0 Å². The van der Waals surface area contributed by atoms with Crippen molar-refractivity contribution in [3.05, 3.63) is 30.1 Å². The molecule has 36 heavy (non-hydrogen) atoms. The van der Waals surface area contributed by atoms with Gasteiger partial charge in [-0.05, 0) is 119 Å². The van der Waals surface area contributed by atoms with Crippen molar-refractivity contribution in [1.29, 1.82) is 0 Å². The fourth-order valence-electron chi connectivity index (χ4n) is 7.13. The van der Waals surface area contributed by atoms with E-state index in [-0.39, 0.29) is 12.1 Å². The second-order valence-corrected chi connectivity index (χ2v) is 12.7. The third kappa shape index (κ3) is 7.36. The maximum Gasteiger partial charge on any atom is 0.410 e. The summed E-state index contributed by atoms with van der Waals surface area (Å²) in [6, 6.07) is 4.02. The highest BCUT2D eigenvalue weighted by molar-refractivity contribution is 5.74. The van der Waals surface area contributed by atoms with Gasteiger partial charge in [-0.2, -0.15) is 0 Å². The number of aromatic nitrogens is 1. The monoisotopic (exact) mass is 498 g/mol. The van der Waals surface area contributed by atoms with E-state index >= 15 is 0 Å². The first kappa shape index (κ1) is 26.7. The Labute approximate surface area is 217 Å². The summed E-state index contributed by atoms with van der Waals surface area (Å²) in [5.74, 6) is 2.72. The fraction of sp³-hybridized carbons (Fsp3) is 0.759. The largest absolute Gasteiger partial charge is 0.444 e. The summed E-state index contributed by atoms with van der Waals surface area (Å²) in [5, 5.41) is 3.14. The molecule has 4 bridgehead atoms. The van der Waals surface area contributed by atoms with E-state index in [9.17, 15) is 9.59 Å². The number of likely N-dealkylation sites (N-methyl/N-ethyl adjacent to an activating group) is 1. The van der Waals surface area contributed by atoms with Crippen molar-refractivity contribution >= 4 is 12.1 Å². The summed E-state index contributed by atoms with van der Waals surface area (Å²) in [7, 11) is 1.75. The molecule has 7 nitrogen and oxygen atoms in total. The van der Waals surface area contributed by atoms with Gasteiger partial charge in [0.1, 0.15) is 5.60 Å². The molecule has 0 atom stereocenters. The molecular weight excluding hydrogens is 452 g/mol. The zero-order valence-electron chi connectivity index (χ0n) is 22.8. The minimum Gasteiger partial charge on any atom is -0.444 e. The zero-order valence-corrected chi connectivity index (χ0v) is 22.8. The number of amides is 3. The molecule has 0 saturated heterocycles. The minimum atomic E-state index is -0.532. The molecule has 3 amide bonds. The van der Waals surface area contributed by atoms with Crippen molar-refractivity contribution in [3.8, 4) is 0 Å². The van der Waals surface area contributed by atoms with Crippen LogP contribution in [0.15, 0.2) is 24.5 Å². The first-order valence-electron chi connectivity index (χ1n) is 14.0. The number of hydrogen-bond donors (Lipinski definition) is 1. The summed E-state index contributed by atoms with van der Waals surface area (Å²) in [5.41, 5.74) is 1.12. The lowest BCUT2D eigenvalue weighted by atomic mass is 9.49. The van der Waals surface area contributed by atoms with E-state index in [0.29, 0.717) is 25.0 Å². The molecule has 4 aliphatic carbocycles. The number of carbonyl (C=O) groups excluding carboxylic acids is 2. The number of nitrogens with zero attached hydrogens (tertiary/aromatic N) is 3. The van der Waals surface area contributed by atoms with Crippen molar-refractivity contribution in [2.75, 3.05) is 33.2 Å². The van der Waals surface area contributed by atoms with Crippen LogP contribution >= 0.6 is 0 Å². The van der Waals surface area contributed by atoms with Crippen LogP contribution in [0.1, 0.15) is 77.7 Å². The lowest BCUT2D eigenvalue weighted by Gasteiger charge is -2.57. The van der Waals surface area contributed by atoms with Crippen LogP contribution in [-0.4, -0.2) is 65.7 Å². The molecule has 1 aromatic rings. The molecule has 1 heterocycles. The van der Waals surface area contributed by atoms with Crippen LogP contribution in [0.5, 0.6) is 0 Å². The lowest BCUT2D eigenvalue weighted by Crippen LogP contribution is -2.50. The molecule has 0 radical (unpaired) electrons. The van der Waals surface area contributed by atoms with Gasteiger partial charge in [-0.1, -0.05) is 0 Å². The first-order chi connectivity index (χ1) is 17.1. The second kappa shape index (κ2) is 11.4. The van der Waals surface area contributed by atoms with Gasteiger partial charge in [0, 0.05) is 45.6 Å². The Bertz CT molecular complexity index is 847. The highest BCUT2D eigenvalue weighted by atomic mass is 16.6. The van der Waals surface area contributed by atoms with E-state index in [2.05, 4.69) is 10.3 Å². The Morgan fingerprint density at radius 2 is 1.64 bits per heavy atom. The third-order valence-electron chi connectivity index (χ3n) is 8.44. The molecule has 4 saturated carbocycles. The molecule has 4 fully saturated rings. The molecule has 1 aromatic heterocycles. The van der Waals surface area contributed by atoms with Crippen LogP contribution in [0.3, 0.4) is 0 Å². The normalized spacial score (nSPS) is 26.5. The van der Waals surface area contributed by atoms with Gasteiger partial charge >= 0.3 is 12.1 Å². The number of rotatable bonds is 10. The summed E-state index contributed by atoms with van der Waals surface area (Å²) >= 11 is 0. The minimum absolute atomic E-state index is 0.0213. The summed E-state index contributed by atoms with van der Waals surface area (Å²) in [4.78, 5) is 33.3. The molecule has 200 valence electrons. The molecule has 0 aromatic carbocycles. The fourth-order valence-corrected chi connectivity index (χ4v) is 7.13. The highest BCUT2D eigenvalue weighted by Crippen LogP contribution is 2.61. The van der Waals surface area contributed by atoms with E-state index in [1.54, 1.807) is 24.3 Å². The van der Waals surface area contributed by atoms with Crippen LogP contribution in [0.4, 0.5) is 9.59 Å². The van der Waals surface area contributed by atoms with E-state index in [1.807, 2.05) is 37.8 Å². The number of nitrogens with one attached hydrogen (secondary N) is 1. The van der Waals surface area contributed by atoms with Crippen LogP contribution in [-0.2, 0) is 11.2 Å². The average Bonchev–Trinajstić information content (AvgIpc) is 2.80. The predicted octanol–water partition coefficient (Wildman–Crippen LogP) is 5.50. The molecule has 4 aliphatic rings. The molecule has 0 spiro atoms. The van der Waals surface area contributed by atoms with Crippen LogP contribution in [0, 0.1) is 23.2 Å². The maximum absolute atomic E-state index is 13.3. The molecule has 0 unspecified atom stereocenters. The van der Waals surface area contributed by atoms with Crippen molar-refractivity contribution in [2.24, 2.45) is 23.2 Å². The van der Waals surface area contributed by atoms with Gasteiger partial charge in [0.05, 0.1) is 0 Å². The highest BCUT2D eigenvalue weighted by Gasteiger charge is 2.50. The predicted molar refractivity (Wildman–Crippen MR) is 142 cm³/mol. The Balaban J connectivity index is 1.31. The molecule has 5 rings (SSSR count). The molecular formula is C29H46N4O3. The van der Waals surface area contributed by atoms with E-state index in [4.69, 9.17) is 4.74 Å². The number of ether oxygens (including phenoxy) is 1. The zero-order chi connectivity index (χ0) is 25.8. The lowest BCUT2D eigenvalue weighted by molar-refractivity contribution is -0.0597. The second-order valence-electron chi connectivity index (χ2n) is 12.7. The van der Waals surface area contributed by atoms with E-state index in [0.717, 1.165) is 43.6 Å². The Kier molecular flexibility index (Phi) is 8.46. The van der Waals surface area contributed by atoms with Gasteiger partial charge in [-0.25, -0.2) is 9.59 Å². The molecule has 1 N–H and O–H groups in total. The van der Waals surface area contributed by atoms with Crippen molar-refractivity contribution < 1.29 is 14.3 Å². The van der Waals surface area contributed by atoms with Crippen LogP contribution < -0.4 is 5.32 Å². The van der Waals surface area contributed by atoms with Crippen molar-refractivity contribution in [2.45, 2.75) is 84.2 Å². The smallest absolute Gasteiger partial charge is 0.410 e. The van der Waals surface area contributed by atoms with Crippen LogP contribution in [0.25, 0.3) is 0 Å². The van der Waals surface area contributed by atoms with Gasteiger partial charge in [-0.3, -0.25) is 4.98 Å². The quantitative estimate of drug-likeness (QED) is 0.432. The SMILES string of the molecule is CN(CCN(CCC12CC3CC(CC(C3)C1)C2)C(=O)NCCCc1ccncc1)C(=O)OC(C)(C)C. The van der Waals surface area contributed by atoms with Gasteiger partial charge < -0.3 is 19.9 Å². The van der Waals surface area contributed by atoms with Crippen molar-refractivity contribution in [1.82, 2.24) is 20.1 Å². The number of aryl methyl sites for hydroxylation is 1. The van der Waals surface area contributed by atoms with Gasteiger partial charge in [0.15, 0.2) is 0 Å². The number of urea groups is 1. The Morgan fingerprint density at radius 1 is 1.03 bits per heavy atom.